The number of halogens is 1. The lowest BCUT2D eigenvalue weighted by molar-refractivity contribution is -0.134. The minimum absolute atomic E-state index is 0.0828. The van der Waals surface area contributed by atoms with E-state index in [2.05, 4.69) is 26.9 Å². The number of hydrogen-bond donors (Lipinski definition) is 0. The molecule has 1 unspecified atom stereocenters. The second kappa shape index (κ2) is 10.0. The van der Waals surface area contributed by atoms with Gasteiger partial charge in [0.25, 0.3) is 0 Å². The average Bonchev–Trinajstić information content (AvgIpc) is 3.52. The molecule has 1 aromatic heterocycles. The number of nitrogens with zero attached hydrogens (tertiary/aromatic N) is 4. The highest BCUT2D eigenvalue weighted by Gasteiger charge is 2.32. The molecule has 0 bridgehead atoms. The number of methoxy groups -OCH3 is 1. The molecule has 0 spiro atoms. The molecule has 1 aliphatic carbocycles. The molecule has 27 heavy (non-hydrogen) atoms. The smallest absolute Gasteiger partial charge is 0.225 e. The van der Waals surface area contributed by atoms with E-state index in [1.807, 2.05) is 31.7 Å². The van der Waals surface area contributed by atoms with Gasteiger partial charge < -0.3 is 14.5 Å². The predicted molar refractivity (Wildman–Crippen MR) is 110 cm³/mol. The van der Waals surface area contributed by atoms with Gasteiger partial charge in [-0.25, -0.2) is 4.98 Å². The van der Waals surface area contributed by atoms with E-state index in [-0.39, 0.29) is 11.9 Å². The molecule has 148 valence electrons. The first kappa shape index (κ1) is 21.6. The Bertz CT molecular complexity index is 700. The van der Waals surface area contributed by atoms with E-state index < -0.39 is 0 Å². The van der Waals surface area contributed by atoms with Gasteiger partial charge in [-0.2, -0.15) is 5.26 Å². The summed E-state index contributed by atoms with van der Waals surface area (Å²) in [5.41, 5.74) is 1.64. The Hall–Kier alpha value is -1.65. The van der Waals surface area contributed by atoms with Crippen LogP contribution in [0, 0.1) is 11.3 Å². The largest absolute Gasteiger partial charge is 0.384 e. The van der Waals surface area contributed by atoms with Crippen molar-refractivity contribution < 1.29 is 9.53 Å². The third-order valence-electron chi connectivity index (χ3n) is 4.83. The maximum absolute atomic E-state index is 12.3. The summed E-state index contributed by atoms with van der Waals surface area (Å²) in [6.07, 6.45) is 2.73. The van der Waals surface area contributed by atoms with Gasteiger partial charge >= 0.3 is 0 Å². The number of carbonyl (C=O) groups excluding carboxylic acids is 1. The SMILES string of the molecule is CC.COCCC(=O)N1CCN(c2nc(C3CC3)c(Br)cc2C#N)CC1C. The number of pyridine rings is 1. The number of nitriles is 1. The zero-order valence-corrected chi connectivity index (χ0v) is 18.3. The lowest BCUT2D eigenvalue weighted by Gasteiger charge is -2.40. The molecule has 6 nitrogen and oxygen atoms in total. The van der Waals surface area contributed by atoms with Crippen molar-refractivity contribution in [3.63, 3.8) is 0 Å². The first-order chi connectivity index (χ1) is 13.0. The Labute approximate surface area is 170 Å². The fourth-order valence-corrected chi connectivity index (χ4v) is 3.95. The molecule has 1 atom stereocenters. The summed E-state index contributed by atoms with van der Waals surface area (Å²) >= 11 is 3.55. The average molecular weight is 437 g/mol. The number of anilines is 1. The van der Waals surface area contributed by atoms with Crippen LogP contribution in [0.5, 0.6) is 0 Å². The first-order valence-corrected chi connectivity index (χ1v) is 10.5. The van der Waals surface area contributed by atoms with Crippen molar-refractivity contribution in [1.29, 1.82) is 5.26 Å². The van der Waals surface area contributed by atoms with Crippen molar-refractivity contribution in [3.05, 3.63) is 21.8 Å². The van der Waals surface area contributed by atoms with Gasteiger partial charge in [0.2, 0.25) is 5.91 Å². The zero-order valence-electron chi connectivity index (χ0n) is 16.7. The molecule has 0 aromatic carbocycles. The van der Waals surface area contributed by atoms with Gasteiger partial charge in [0.15, 0.2) is 0 Å². The Morgan fingerprint density at radius 3 is 2.67 bits per heavy atom. The topological polar surface area (TPSA) is 69.5 Å². The van der Waals surface area contributed by atoms with Gasteiger partial charge in [0.1, 0.15) is 11.9 Å². The fourth-order valence-electron chi connectivity index (χ4n) is 3.31. The van der Waals surface area contributed by atoms with E-state index in [1.54, 1.807) is 7.11 Å². The minimum Gasteiger partial charge on any atom is -0.384 e. The standard InChI is InChI=1S/C18H23BrN4O2.C2H6/c1-12-11-22(6-7-23(12)16(24)5-8-25-2)18-14(10-20)9-15(19)17(21-18)13-3-4-13;1-2/h9,12-13H,3-8,11H2,1-2H3;1-2H3. The zero-order chi connectivity index (χ0) is 20.0. The van der Waals surface area contributed by atoms with Crippen LogP contribution in [0.1, 0.15) is 57.2 Å². The van der Waals surface area contributed by atoms with Crippen molar-refractivity contribution in [2.24, 2.45) is 0 Å². The maximum atomic E-state index is 12.3. The Morgan fingerprint density at radius 2 is 2.11 bits per heavy atom. The number of carbonyl (C=O) groups is 1. The van der Waals surface area contributed by atoms with Gasteiger partial charge in [-0.1, -0.05) is 13.8 Å². The lowest BCUT2D eigenvalue weighted by Crippen LogP contribution is -2.54. The molecule has 7 heteroatoms. The summed E-state index contributed by atoms with van der Waals surface area (Å²) in [7, 11) is 1.61. The van der Waals surface area contributed by atoms with Gasteiger partial charge in [0.05, 0.1) is 24.3 Å². The summed E-state index contributed by atoms with van der Waals surface area (Å²) in [4.78, 5) is 21.1. The summed E-state index contributed by atoms with van der Waals surface area (Å²) < 4.78 is 5.93. The van der Waals surface area contributed by atoms with Gasteiger partial charge in [0, 0.05) is 43.2 Å². The summed E-state index contributed by atoms with van der Waals surface area (Å²) in [5.74, 6) is 1.38. The van der Waals surface area contributed by atoms with Crippen LogP contribution >= 0.6 is 15.9 Å². The van der Waals surface area contributed by atoms with Crippen LogP contribution in [-0.2, 0) is 9.53 Å². The van der Waals surface area contributed by atoms with Crippen LogP contribution in [0.4, 0.5) is 5.82 Å². The second-order valence-corrected chi connectivity index (χ2v) is 7.59. The normalized spacial score (nSPS) is 19.2. The van der Waals surface area contributed by atoms with E-state index >= 15 is 0 Å². The molecule has 0 N–H and O–H groups in total. The van der Waals surface area contributed by atoms with E-state index in [1.165, 1.54) is 0 Å². The van der Waals surface area contributed by atoms with Crippen molar-refractivity contribution in [1.82, 2.24) is 9.88 Å². The molecule has 2 heterocycles. The highest BCUT2D eigenvalue weighted by atomic mass is 79.9. The Kier molecular flexibility index (Phi) is 8.06. The summed E-state index contributed by atoms with van der Waals surface area (Å²) in [6, 6.07) is 4.23. The molecular formula is C20H29BrN4O2. The van der Waals surface area contributed by atoms with Crippen LogP contribution in [-0.4, -0.2) is 55.2 Å². The molecule has 1 aromatic rings. The predicted octanol–water partition coefficient (Wildman–Crippen LogP) is 3.69. The molecule has 2 fully saturated rings. The molecule has 1 saturated carbocycles. The maximum Gasteiger partial charge on any atom is 0.225 e. The quantitative estimate of drug-likeness (QED) is 0.703. The number of hydrogen-bond acceptors (Lipinski definition) is 5. The lowest BCUT2D eigenvalue weighted by atomic mass is 10.1. The van der Waals surface area contributed by atoms with E-state index in [4.69, 9.17) is 9.72 Å². The summed E-state index contributed by atoms with van der Waals surface area (Å²) in [6.45, 7) is 8.51. The van der Waals surface area contributed by atoms with E-state index in [0.29, 0.717) is 44.1 Å². The van der Waals surface area contributed by atoms with E-state index in [9.17, 15) is 10.1 Å². The van der Waals surface area contributed by atoms with Crippen LogP contribution in [0.3, 0.4) is 0 Å². The molecule has 1 aliphatic heterocycles. The molecule has 0 radical (unpaired) electrons. The first-order valence-electron chi connectivity index (χ1n) is 9.69. The van der Waals surface area contributed by atoms with Gasteiger partial charge in [-0.15, -0.1) is 0 Å². The third-order valence-corrected chi connectivity index (χ3v) is 5.47. The third kappa shape index (κ3) is 5.20. The summed E-state index contributed by atoms with van der Waals surface area (Å²) in [5, 5.41) is 9.51. The number of aromatic nitrogens is 1. The van der Waals surface area contributed by atoms with Gasteiger partial charge in [-0.05, 0) is 41.8 Å². The number of rotatable bonds is 5. The monoisotopic (exact) mass is 436 g/mol. The van der Waals surface area contributed by atoms with Crippen LogP contribution in [0.2, 0.25) is 0 Å². The van der Waals surface area contributed by atoms with Crippen LogP contribution in [0.15, 0.2) is 10.5 Å². The minimum atomic E-state index is 0.0828. The molecular weight excluding hydrogens is 408 g/mol. The molecule has 2 aliphatic rings. The van der Waals surface area contributed by atoms with E-state index in [0.717, 1.165) is 28.8 Å². The number of piperazine rings is 1. The second-order valence-electron chi connectivity index (χ2n) is 6.74. The Morgan fingerprint density at radius 1 is 1.41 bits per heavy atom. The van der Waals surface area contributed by atoms with Crippen molar-refractivity contribution in [2.45, 2.75) is 52.0 Å². The number of amides is 1. The molecule has 1 saturated heterocycles. The highest BCUT2D eigenvalue weighted by molar-refractivity contribution is 9.10. The van der Waals surface area contributed by atoms with Crippen molar-refractivity contribution in [3.8, 4) is 6.07 Å². The highest BCUT2D eigenvalue weighted by Crippen LogP contribution is 2.43. The Balaban J connectivity index is 0.00000126. The van der Waals surface area contributed by atoms with Crippen LogP contribution in [0.25, 0.3) is 0 Å². The van der Waals surface area contributed by atoms with Crippen molar-refractivity contribution >= 4 is 27.7 Å². The fraction of sp³-hybridized carbons (Fsp3) is 0.650. The molecule has 3 rings (SSSR count). The van der Waals surface area contributed by atoms with Gasteiger partial charge in [-0.3, -0.25) is 4.79 Å². The number of ether oxygens (including phenoxy) is 1. The van der Waals surface area contributed by atoms with Crippen molar-refractivity contribution in [2.75, 3.05) is 38.3 Å². The van der Waals surface area contributed by atoms with Crippen LogP contribution < -0.4 is 4.90 Å². The molecule has 1 amide bonds.